The molecule has 4 nitrogen and oxygen atoms in total. The lowest BCUT2D eigenvalue weighted by molar-refractivity contribution is 0.0523. The Kier molecular flexibility index (Phi) is 4.47. The van der Waals surface area contributed by atoms with Crippen molar-refractivity contribution in [2.75, 3.05) is 6.61 Å². The average Bonchev–Trinajstić information content (AvgIpc) is 2.68. The van der Waals surface area contributed by atoms with E-state index in [4.69, 9.17) is 4.74 Å². The summed E-state index contributed by atoms with van der Waals surface area (Å²) in [6.07, 6.45) is 0.472. The number of para-hydroxylation sites is 1. The summed E-state index contributed by atoms with van der Waals surface area (Å²) in [6, 6.07) is 21.7. The lowest BCUT2D eigenvalue weighted by Gasteiger charge is -2.13. The van der Waals surface area contributed by atoms with Gasteiger partial charge in [0.15, 0.2) is 0 Å². The monoisotopic (exact) mass is 357 g/mol. The predicted molar refractivity (Wildman–Crippen MR) is 107 cm³/mol. The van der Waals surface area contributed by atoms with Gasteiger partial charge in [-0.15, -0.1) is 0 Å². The number of aromatic amines is 1. The Labute approximate surface area is 156 Å². The van der Waals surface area contributed by atoms with Gasteiger partial charge in [0.1, 0.15) is 5.56 Å². The van der Waals surface area contributed by atoms with Gasteiger partial charge in [-0.25, -0.2) is 4.79 Å². The molecule has 0 aliphatic carbocycles. The molecule has 4 heteroatoms. The van der Waals surface area contributed by atoms with Gasteiger partial charge in [-0.2, -0.15) is 0 Å². The molecule has 0 aliphatic rings. The molecule has 3 aromatic carbocycles. The van der Waals surface area contributed by atoms with Crippen LogP contribution in [0.4, 0.5) is 0 Å². The minimum Gasteiger partial charge on any atom is -0.462 e. The van der Waals surface area contributed by atoms with Crippen molar-refractivity contribution >= 4 is 27.6 Å². The number of hydrogen-bond donors (Lipinski definition) is 1. The summed E-state index contributed by atoms with van der Waals surface area (Å²) in [6.45, 7) is 1.95. The van der Waals surface area contributed by atoms with Crippen molar-refractivity contribution in [1.29, 1.82) is 0 Å². The molecule has 0 saturated heterocycles. The van der Waals surface area contributed by atoms with Crippen molar-refractivity contribution < 1.29 is 9.53 Å². The molecule has 4 aromatic rings. The first kappa shape index (κ1) is 17.0. The zero-order valence-electron chi connectivity index (χ0n) is 15.0. The van der Waals surface area contributed by atoms with Crippen LogP contribution in [0.15, 0.2) is 71.5 Å². The third-order valence-electron chi connectivity index (χ3n) is 4.76. The quantitative estimate of drug-likeness (QED) is 0.549. The Morgan fingerprint density at radius 1 is 0.926 bits per heavy atom. The normalized spacial score (nSPS) is 11.0. The lowest BCUT2D eigenvalue weighted by atomic mass is 9.93. The van der Waals surface area contributed by atoms with E-state index in [0.29, 0.717) is 17.5 Å². The zero-order valence-corrected chi connectivity index (χ0v) is 15.0. The van der Waals surface area contributed by atoms with Crippen LogP contribution in [-0.4, -0.2) is 17.6 Å². The molecule has 1 aromatic heterocycles. The van der Waals surface area contributed by atoms with E-state index in [9.17, 15) is 9.59 Å². The Hall–Kier alpha value is -3.40. The van der Waals surface area contributed by atoms with E-state index >= 15 is 0 Å². The van der Waals surface area contributed by atoms with Gasteiger partial charge >= 0.3 is 5.97 Å². The highest BCUT2D eigenvalue weighted by molar-refractivity contribution is 5.97. The first-order chi connectivity index (χ1) is 13.2. The van der Waals surface area contributed by atoms with Crippen LogP contribution in [0, 0.1) is 0 Å². The largest absolute Gasteiger partial charge is 0.462 e. The van der Waals surface area contributed by atoms with Crippen LogP contribution < -0.4 is 5.56 Å². The molecule has 0 saturated carbocycles. The summed E-state index contributed by atoms with van der Waals surface area (Å²) < 4.78 is 5.16. The zero-order chi connectivity index (χ0) is 18.8. The second kappa shape index (κ2) is 7.08. The minimum absolute atomic E-state index is 0.0866. The number of esters is 1. The fourth-order valence-electron chi connectivity index (χ4n) is 3.55. The highest BCUT2D eigenvalue weighted by Gasteiger charge is 2.21. The van der Waals surface area contributed by atoms with Crippen LogP contribution in [0.1, 0.15) is 28.4 Å². The van der Waals surface area contributed by atoms with Crippen molar-refractivity contribution in [3.05, 3.63) is 93.8 Å². The number of aromatic nitrogens is 1. The number of fused-ring (bicyclic) bond motifs is 2. The summed E-state index contributed by atoms with van der Waals surface area (Å²) in [5.41, 5.74) is 2.15. The number of benzene rings is 3. The number of nitrogens with one attached hydrogen (secondary N) is 1. The first-order valence-corrected chi connectivity index (χ1v) is 8.96. The maximum Gasteiger partial charge on any atom is 0.344 e. The first-order valence-electron chi connectivity index (χ1n) is 8.96. The third-order valence-corrected chi connectivity index (χ3v) is 4.76. The molecule has 0 fully saturated rings. The molecule has 1 heterocycles. The predicted octanol–water partition coefficient (Wildman–Crippen LogP) is 4.45. The smallest absolute Gasteiger partial charge is 0.344 e. The van der Waals surface area contributed by atoms with Gasteiger partial charge in [-0.05, 0) is 41.3 Å². The molecule has 27 heavy (non-hydrogen) atoms. The van der Waals surface area contributed by atoms with Crippen LogP contribution in [0.2, 0.25) is 0 Å². The molecule has 1 N–H and O–H groups in total. The number of H-pyrrole nitrogens is 1. The van der Waals surface area contributed by atoms with Gasteiger partial charge in [0, 0.05) is 10.9 Å². The molecule has 0 aliphatic heterocycles. The molecular weight excluding hydrogens is 338 g/mol. The fraction of sp³-hybridized carbons (Fsp3) is 0.130. The van der Waals surface area contributed by atoms with E-state index in [1.807, 2.05) is 48.5 Å². The van der Waals surface area contributed by atoms with Crippen LogP contribution in [-0.2, 0) is 11.2 Å². The number of carbonyl (C=O) groups is 1. The average molecular weight is 357 g/mol. The van der Waals surface area contributed by atoms with Gasteiger partial charge in [0.25, 0.3) is 5.56 Å². The fourth-order valence-corrected chi connectivity index (χ4v) is 3.55. The Morgan fingerprint density at radius 2 is 1.63 bits per heavy atom. The second-order valence-corrected chi connectivity index (χ2v) is 6.39. The van der Waals surface area contributed by atoms with E-state index in [-0.39, 0.29) is 12.2 Å². The maximum atomic E-state index is 12.7. The number of ether oxygens (including phenoxy) is 1. The molecule has 0 bridgehead atoms. The van der Waals surface area contributed by atoms with Crippen LogP contribution in [0.25, 0.3) is 21.7 Å². The van der Waals surface area contributed by atoms with Crippen molar-refractivity contribution in [3.8, 4) is 0 Å². The Morgan fingerprint density at radius 3 is 2.44 bits per heavy atom. The highest BCUT2D eigenvalue weighted by Crippen LogP contribution is 2.26. The third kappa shape index (κ3) is 3.10. The number of carbonyl (C=O) groups excluding carboxylic acids is 1. The molecule has 0 atom stereocenters. The molecule has 0 radical (unpaired) electrons. The minimum atomic E-state index is -0.584. The van der Waals surface area contributed by atoms with Crippen molar-refractivity contribution in [2.45, 2.75) is 13.3 Å². The van der Waals surface area contributed by atoms with E-state index in [1.54, 1.807) is 6.92 Å². The van der Waals surface area contributed by atoms with Crippen molar-refractivity contribution in [1.82, 2.24) is 4.98 Å². The molecule has 0 amide bonds. The second-order valence-electron chi connectivity index (χ2n) is 6.39. The number of rotatable bonds is 4. The standard InChI is InChI=1S/C23H19NO3/c1-2-27-23(26)21-19(18-12-5-6-13-20(18)24-22(21)25)14-16-10-7-9-15-8-3-4-11-17(15)16/h3-13H,2,14H2,1H3,(H,24,25). The molecule has 4 rings (SSSR count). The van der Waals surface area contributed by atoms with Gasteiger partial charge < -0.3 is 9.72 Å². The Bertz CT molecular complexity index is 1200. The van der Waals surface area contributed by atoms with Gasteiger partial charge in [-0.3, -0.25) is 4.79 Å². The molecule has 0 spiro atoms. The molecular formula is C23H19NO3. The van der Waals surface area contributed by atoms with Gasteiger partial charge in [-0.1, -0.05) is 60.7 Å². The summed E-state index contributed by atoms with van der Waals surface area (Å²) >= 11 is 0. The number of hydrogen-bond acceptors (Lipinski definition) is 3. The molecule has 134 valence electrons. The number of pyridine rings is 1. The maximum absolute atomic E-state index is 12.7. The topological polar surface area (TPSA) is 59.2 Å². The summed E-state index contributed by atoms with van der Waals surface area (Å²) in [5.74, 6) is -0.584. The summed E-state index contributed by atoms with van der Waals surface area (Å²) in [4.78, 5) is 28.0. The van der Waals surface area contributed by atoms with E-state index < -0.39 is 11.5 Å². The van der Waals surface area contributed by atoms with Crippen molar-refractivity contribution in [3.63, 3.8) is 0 Å². The van der Waals surface area contributed by atoms with Crippen LogP contribution in [0.5, 0.6) is 0 Å². The van der Waals surface area contributed by atoms with E-state index in [1.165, 1.54) is 0 Å². The summed E-state index contributed by atoms with van der Waals surface area (Å²) in [7, 11) is 0. The summed E-state index contributed by atoms with van der Waals surface area (Å²) in [5, 5.41) is 3.09. The van der Waals surface area contributed by atoms with E-state index in [0.717, 1.165) is 21.7 Å². The van der Waals surface area contributed by atoms with Crippen LogP contribution >= 0.6 is 0 Å². The SMILES string of the molecule is CCOC(=O)c1c(Cc2cccc3ccccc23)c2ccccc2[nH]c1=O. The molecule has 0 unspecified atom stereocenters. The highest BCUT2D eigenvalue weighted by atomic mass is 16.5. The van der Waals surface area contributed by atoms with Crippen molar-refractivity contribution in [2.24, 2.45) is 0 Å². The van der Waals surface area contributed by atoms with E-state index in [2.05, 4.69) is 23.2 Å². The lowest BCUT2D eigenvalue weighted by Crippen LogP contribution is -2.23. The van der Waals surface area contributed by atoms with Gasteiger partial charge in [0.05, 0.1) is 6.61 Å². The Balaban J connectivity index is 1.97. The van der Waals surface area contributed by atoms with Gasteiger partial charge in [0.2, 0.25) is 0 Å². The van der Waals surface area contributed by atoms with Crippen LogP contribution in [0.3, 0.4) is 0 Å².